The predicted molar refractivity (Wildman–Crippen MR) is 108 cm³/mol. The molecule has 0 fully saturated rings. The number of methoxy groups -OCH3 is 2. The van der Waals surface area contributed by atoms with Crippen LogP contribution < -0.4 is 15.1 Å². The number of ether oxygens (including phenoxy) is 2. The molecule has 7 nitrogen and oxygen atoms in total. The van der Waals surface area contributed by atoms with E-state index in [0.29, 0.717) is 39.5 Å². The molecule has 1 N–H and O–H groups in total. The van der Waals surface area contributed by atoms with E-state index < -0.39 is 5.63 Å². The van der Waals surface area contributed by atoms with Gasteiger partial charge >= 0.3 is 5.63 Å². The summed E-state index contributed by atoms with van der Waals surface area (Å²) >= 11 is 0. The van der Waals surface area contributed by atoms with Gasteiger partial charge in [0.1, 0.15) is 11.3 Å². The Kier molecular flexibility index (Phi) is 4.50. The zero-order valence-electron chi connectivity index (χ0n) is 16.4. The Labute approximate surface area is 166 Å². The first-order chi connectivity index (χ1) is 13.9. The lowest BCUT2D eigenvalue weighted by Gasteiger charge is -2.11. The Morgan fingerprint density at radius 1 is 1.00 bits per heavy atom. The highest BCUT2D eigenvalue weighted by Crippen LogP contribution is 2.42. The van der Waals surface area contributed by atoms with Crippen LogP contribution >= 0.6 is 0 Å². The molecule has 7 heteroatoms. The second kappa shape index (κ2) is 7.01. The number of aromatic nitrogens is 1. The largest absolute Gasteiger partial charge is 0.507 e. The third-order valence-corrected chi connectivity index (χ3v) is 4.85. The topological polar surface area (TPSA) is 94.9 Å². The van der Waals surface area contributed by atoms with E-state index in [1.54, 1.807) is 33.3 Å². The summed E-state index contributed by atoms with van der Waals surface area (Å²) in [6, 6.07) is 10.0. The fourth-order valence-electron chi connectivity index (χ4n) is 3.42. The lowest BCUT2D eigenvalue weighted by molar-refractivity contribution is 0.355. The summed E-state index contributed by atoms with van der Waals surface area (Å²) in [6.45, 7) is 3.63. The standard InChI is InChI=1S/C22H19NO6/c1-11-7-20(25)28-18-10-16(24)15(9-14(11)18)22-21(12(2)23-29-22)13-5-6-17(26-3)19(8-13)27-4/h5-10,24H,1-4H3. The van der Waals surface area contributed by atoms with Gasteiger partial charge in [-0.05, 0) is 43.2 Å². The molecule has 2 aromatic carbocycles. The van der Waals surface area contributed by atoms with Crippen molar-refractivity contribution in [3.8, 4) is 39.7 Å². The van der Waals surface area contributed by atoms with Crippen LogP contribution in [0.3, 0.4) is 0 Å². The minimum absolute atomic E-state index is 0.0795. The van der Waals surface area contributed by atoms with Crippen molar-refractivity contribution >= 4 is 11.0 Å². The first kappa shape index (κ1) is 18.6. The normalized spacial score (nSPS) is 11.0. The van der Waals surface area contributed by atoms with Crippen LogP contribution in [-0.2, 0) is 0 Å². The first-order valence-corrected chi connectivity index (χ1v) is 8.89. The number of nitrogens with zero attached hydrogens (tertiary/aromatic N) is 1. The van der Waals surface area contributed by atoms with E-state index in [9.17, 15) is 9.90 Å². The van der Waals surface area contributed by atoms with Gasteiger partial charge in [0, 0.05) is 17.5 Å². The molecular weight excluding hydrogens is 374 g/mol. The lowest BCUT2D eigenvalue weighted by Crippen LogP contribution is -1.98. The highest BCUT2D eigenvalue weighted by molar-refractivity contribution is 5.92. The number of fused-ring (bicyclic) bond motifs is 1. The molecule has 0 saturated carbocycles. The van der Waals surface area contributed by atoms with Crippen molar-refractivity contribution in [3.05, 3.63) is 58.1 Å². The van der Waals surface area contributed by atoms with Crippen molar-refractivity contribution in [2.45, 2.75) is 13.8 Å². The average molecular weight is 393 g/mol. The molecule has 0 atom stereocenters. The molecule has 2 heterocycles. The summed E-state index contributed by atoms with van der Waals surface area (Å²) in [7, 11) is 3.14. The van der Waals surface area contributed by atoms with Crippen LogP contribution in [0.4, 0.5) is 0 Å². The fraction of sp³-hybridized carbons (Fsp3) is 0.182. The fourth-order valence-corrected chi connectivity index (χ4v) is 3.42. The Hall–Kier alpha value is -3.74. The monoisotopic (exact) mass is 393 g/mol. The molecule has 2 aromatic heterocycles. The van der Waals surface area contributed by atoms with Crippen LogP contribution in [-0.4, -0.2) is 24.5 Å². The zero-order valence-corrected chi connectivity index (χ0v) is 16.4. The van der Waals surface area contributed by atoms with Gasteiger partial charge in [-0.3, -0.25) is 0 Å². The number of phenolic OH excluding ortho intramolecular Hbond substituents is 1. The minimum atomic E-state index is -0.469. The molecule has 0 saturated heterocycles. The third-order valence-electron chi connectivity index (χ3n) is 4.85. The molecule has 148 valence electrons. The van der Waals surface area contributed by atoms with Gasteiger partial charge in [-0.2, -0.15) is 0 Å². The second-order valence-electron chi connectivity index (χ2n) is 6.66. The number of aryl methyl sites for hydroxylation is 2. The SMILES string of the molecule is COc1ccc(-c2c(C)noc2-c2cc3c(C)cc(=O)oc3cc2O)cc1OC. The number of aromatic hydroxyl groups is 1. The number of benzene rings is 2. The van der Waals surface area contributed by atoms with E-state index in [-0.39, 0.29) is 5.75 Å². The maximum absolute atomic E-state index is 11.6. The van der Waals surface area contributed by atoms with Crippen molar-refractivity contribution in [1.29, 1.82) is 0 Å². The molecule has 4 aromatic rings. The van der Waals surface area contributed by atoms with Gasteiger partial charge in [-0.25, -0.2) is 4.79 Å². The number of hydrogen-bond acceptors (Lipinski definition) is 7. The van der Waals surface area contributed by atoms with Crippen molar-refractivity contribution < 1.29 is 23.5 Å². The summed E-state index contributed by atoms with van der Waals surface area (Å²) in [5.41, 5.74) is 3.19. The van der Waals surface area contributed by atoms with E-state index in [1.165, 1.54) is 12.1 Å². The smallest absolute Gasteiger partial charge is 0.336 e. The maximum atomic E-state index is 11.6. The van der Waals surface area contributed by atoms with Gasteiger partial charge in [0.15, 0.2) is 17.3 Å². The minimum Gasteiger partial charge on any atom is -0.507 e. The highest BCUT2D eigenvalue weighted by Gasteiger charge is 2.22. The van der Waals surface area contributed by atoms with E-state index in [4.69, 9.17) is 18.4 Å². The average Bonchev–Trinajstić information content (AvgIpc) is 3.08. The van der Waals surface area contributed by atoms with Crippen LogP contribution in [0, 0.1) is 13.8 Å². The quantitative estimate of drug-likeness (QED) is 0.512. The molecule has 0 aliphatic rings. The van der Waals surface area contributed by atoms with Gasteiger partial charge in [0.25, 0.3) is 0 Å². The van der Waals surface area contributed by atoms with Crippen molar-refractivity contribution in [2.75, 3.05) is 14.2 Å². The lowest BCUT2D eigenvalue weighted by atomic mass is 9.97. The zero-order chi connectivity index (χ0) is 20.7. The Bertz CT molecular complexity index is 1280. The van der Waals surface area contributed by atoms with Gasteiger partial charge < -0.3 is 23.5 Å². The molecule has 0 spiro atoms. The summed E-state index contributed by atoms with van der Waals surface area (Å²) in [5.74, 6) is 1.49. The van der Waals surface area contributed by atoms with E-state index in [2.05, 4.69) is 5.16 Å². The summed E-state index contributed by atoms with van der Waals surface area (Å²) in [6.07, 6.45) is 0. The summed E-state index contributed by atoms with van der Waals surface area (Å²) in [4.78, 5) is 11.6. The summed E-state index contributed by atoms with van der Waals surface area (Å²) < 4.78 is 21.5. The highest BCUT2D eigenvalue weighted by atomic mass is 16.5. The number of phenols is 1. The van der Waals surface area contributed by atoms with Gasteiger partial charge in [-0.15, -0.1) is 0 Å². The van der Waals surface area contributed by atoms with Crippen LogP contribution in [0.15, 0.2) is 50.1 Å². The molecule has 0 aliphatic carbocycles. The predicted octanol–water partition coefficient (Wildman–Crippen LogP) is 4.45. The molecule has 4 rings (SSSR count). The van der Waals surface area contributed by atoms with Crippen molar-refractivity contribution in [3.63, 3.8) is 0 Å². The van der Waals surface area contributed by atoms with Crippen molar-refractivity contribution in [1.82, 2.24) is 5.16 Å². The van der Waals surface area contributed by atoms with Gasteiger partial charge in [0.2, 0.25) is 0 Å². The Balaban J connectivity index is 1.95. The van der Waals surface area contributed by atoms with Crippen LogP contribution in [0.2, 0.25) is 0 Å². The Morgan fingerprint density at radius 3 is 2.48 bits per heavy atom. The number of rotatable bonds is 4. The second-order valence-corrected chi connectivity index (χ2v) is 6.66. The van der Waals surface area contributed by atoms with E-state index in [0.717, 1.165) is 16.7 Å². The van der Waals surface area contributed by atoms with E-state index in [1.807, 2.05) is 19.1 Å². The molecule has 0 aliphatic heterocycles. The molecule has 0 radical (unpaired) electrons. The maximum Gasteiger partial charge on any atom is 0.336 e. The first-order valence-electron chi connectivity index (χ1n) is 8.89. The molecule has 0 unspecified atom stereocenters. The molecule has 29 heavy (non-hydrogen) atoms. The molecular formula is C22H19NO6. The molecule has 0 bridgehead atoms. The van der Waals surface area contributed by atoms with Crippen molar-refractivity contribution in [2.24, 2.45) is 0 Å². The van der Waals surface area contributed by atoms with Gasteiger partial charge in [0.05, 0.1) is 31.0 Å². The number of hydrogen-bond donors (Lipinski definition) is 1. The third kappa shape index (κ3) is 3.10. The van der Waals surface area contributed by atoms with E-state index >= 15 is 0 Å². The Morgan fingerprint density at radius 2 is 1.76 bits per heavy atom. The van der Waals surface area contributed by atoms with Crippen LogP contribution in [0.1, 0.15) is 11.3 Å². The molecule has 0 amide bonds. The van der Waals surface area contributed by atoms with Crippen LogP contribution in [0.5, 0.6) is 17.2 Å². The van der Waals surface area contributed by atoms with Crippen LogP contribution in [0.25, 0.3) is 33.4 Å². The summed E-state index contributed by atoms with van der Waals surface area (Å²) in [5, 5.41) is 15.4. The van der Waals surface area contributed by atoms with Gasteiger partial charge in [-0.1, -0.05) is 11.2 Å².